The Morgan fingerprint density at radius 3 is 2.30 bits per heavy atom. The molecule has 4 atom stereocenters. The maximum absolute atomic E-state index is 12.4. The molecule has 1 aromatic rings. The number of amides is 2. The maximum Gasteiger partial charge on any atom is 0.407 e. The number of nitro groups is 1. The molecular weight excluding hydrogens is 434 g/mol. The number of aliphatic hydroxyl groups is 1. The molecule has 0 spiro atoms. The fourth-order valence-corrected chi connectivity index (χ4v) is 3.09. The number of aliphatic carboxylic acids is 1. The lowest BCUT2D eigenvalue weighted by molar-refractivity contribution is -0.385. The molecule has 0 aliphatic carbocycles. The molecule has 0 aromatic heterocycles. The Morgan fingerprint density at radius 1 is 1.18 bits per heavy atom. The number of ether oxygens (including phenoxy) is 1. The minimum Gasteiger partial charge on any atom is -0.480 e. The van der Waals surface area contributed by atoms with Gasteiger partial charge in [-0.25, -0.2) is 9.59 Å². The van der Waals surface area contributed by atoms with Gasteiger partial charge in [-0.3, -0.25) is 14.9 Å². The van der Waals surface area contributed by atoms with E-state index in [1.54, 1.807) is 40.7 Å². The van der Waals surface area contributed by atoms with Crippen molar-refractivity contribution < 1.29 is 34.3 Å². The minimum atomic E-state index is -1.47. The third-order valence-corrected chi connectivity index (χ3v) is 4.98. The number of nitrogens with one attached hydrogen (secondary N) is 2. The van der Waals surface area contributed by atoms with Gasteiger partial charge < -0.3 is 25.6 Å². The molecule has 184 valence electrons. The van der Waals surface area contributed by atoms with E-state index in [4.69, 9.17) is 4.74 Å². The number of carboxylic acid groups (broad SMARTS) is 1. The average Bonchev–Trinajstić information content (AvgIpc) is 2.69. The van der Waals surface area contributed by atoms with Gasteiger partial charge in [-0.1, -0.05) is 38.5 Å². The van der Waals surface area contributed by atoms with Crippen molar-refractivity contribution in [2.45, 2.75) is 77.7 Å². The summed E-state index contributed by atoms with van der Waals surface area (Å²) in [6.07, 6.45) is -2.50. The van der Waals surface area contributed by atoms with Crippen LogP contribution in [0.25, 0.3) is 0 Å². The Hall–Kier alpha value is -3.21. The lowest BCUT2D eigenvalue weighted by Crippen LogP contribution is -2.50. The van der Waals surface area contributed by atoms with E-state index in [1.165, 1.54) is 18.2 Å². The molecule has 0 bridgehead atoms. The van der Waals surface area contributed by atoms with E-state index in [0.717, 1.165) is 0 Å². The predicted octanol–water partition coefficient (Wildman–Crippen LogP) is 2.40. The van der Waals surface area contributed by atoms with Gasteiger partial charge in [0.2, 0.25) is 5.91 Å². The van der Waals surface area contributed by atoms with Gasteiger partial charge in [-0.15, -0.1) is 0 Å². The number of alkyl carbamates (subject to hydrolysis) is 1. The number of aliphatic hydroxyl groups excluding tert-OH is 1. The summed E-state index contributed by atoms with van der Waals surface area (Å²) < 4.78 is 5.21. The largest absolute Gasteiger partial charge is 0.480 e. The Kier molecular flexibility index (Phi) is 10.2. The van der Waals surface area contributed by atoms with Crippen LogP contribution < -0.4 is 10.6 Å². The summed E-state index contributed by atoms with van der Waals surface area (Å²) in [7, 11) is 0. The highest BCUT2D eigenvalue weighted by atomic mass is 16.6. The van der Waals surface area contributed by atoms with Crippen LogP contribution in [0.2, 0.25) is 0 Å². The normalized spacial score (nSPS) is 15.0. The van der Waals surface area contributed by atoms with Gasteiger partial charge in [-0.05, 0) is 26.7 Å². The van der Waals surface area contributed by atoms with Crippen molar-refractivity contribution >= 4 is 23.7 Å². The third kappa shape index (κ3) is 9.44. The maximum atomic E-state index is 12.4. The SMILES string of the molecule is CCC(C)[C@H](NC(=O)CC(O)[C@H](Cc1ccccc1[N+](=O)[O-])NC(=O)OC(C)(C)C)C(=O)O. The number of nitrogens with zero attached hydrogens (tertiary/aromatic N) is 1. The summed E-state index contributed by atoms with van der Waals surface area (Å²) in [5.74, 6) is -2.27. The third-order valence-electron chi connectivity index (χ3n) is 4.98. The molecule has 0 aliphatic rings. The summed E-state index contributed by atoms with van der Waals surface area (Å²) in [5, 5.41) is 36.3. The minimum absolute atomic E-state index is 0.154. The summed E-state index contributed by atoms with van der Waals surface area (Å²) in [6, 6.07) is 3.60. The predicted molar refractivity (Wildman–Crippen MR) is 120 cm³/mol. The first kappa shape index (κ1) is 27.8. The highest BCUT2D eigenvalue weighted by molar-refractivity contribution is 5.84. The van der Waals surface area contributed by atoms with E-state index in [-0.39, 0.29) is 23.6 Å². The summed E-state index contributed by atoms with van der Waals surface area (Å²) in [4.78, 5) is 47.0. The summed E-state index contributed by atoms with van der Waals surface area (Å²) >= 11 is 0. The highest BCUT2D eigenvalue weighted by Crippen LogP contribution is 2.21. The first-order chi connectivity index (χ1) is 15.2. The zero-order valence-corrected chi connectivity index (χ0v) is 19.5. The van der Waals surface area contributed by atoms with Gasteiger partial charge in [0.05, 0.1) is 23.5 Å². The monoisotopic (exact) mass is 467 g/mol. The lowest BCUT2D eigenvalue weighted by atomic mass is 9.96. The van der Waals surface area contributed by atoms with Crippen molar-refractivity contribution in [2.75, 3.05) is 0 Å². The quantitative estimate of drug-likeness (QED) is 0.284. The van der Waals surface area contributed by atoms with Crippen LogP contribution in [0.4, 0.5) is 10.5 Å². The number of para-hydroxylation sites is 1. The van der Waals surface area contributed by atoms with E-state index in [0.29, 0.717) is 6.42 Å². The van der Waals surface area contributed by atoms with Crippen molar-refractivity contribution in [3.05, 3.63) is 39.9 Å². The number of carbonyl (C=O) groups is 3. The van der Waals surface area contributed by atoms with Crippen LogP contribution in [0.3, 0.4) is 0 Å². The standard InChI is InChI=1S/C22H33N3O8/c1-6-13(2)19(20(28)29)24-18(27)12-17(26)15(23-21(30)33-22(3,4)5)11-14-9-7-8-10-16(14)25(31)32/h7-10,13,15,17,19,26H,6,11-12H2,1-5H3,(H,23,30)(H,24,27)(H,28,29)/t13?,15-,17?,19-/m0/s1. The van der Waals surface area contributed by atoms with E-state index in [2.05, 4.69) is 10.6 Å². The molecular formula is C22H33N3O8. The fourth-order valence-electron chi connectivity index (χ4n) is 3.09. The van der Waals surface area contributed by atoms with Gasteiger partial charge in [-0.2, -0.15) is 0 Å². The zero-order chi connectivity index (χ0) is 25.3. The first-order valence-corrected chi connectivity index (χ1v) is 10.7. The van der Waals surface area contributed by atoms with Crippen LogP contribution in [0.1, 0.15) is 53.0 Å². The molecule has 11 heteroatoms. The molecule has 0 saturated heterocycles. The average molecular weight is 468 g/mol. The Morgan fingerprint density at radius 2 is 1.79 bits per heavy atom. The van der Waals surface area contributed by atoms with E-state index in [9.17, 15) is 34.7 Å². The molecule has 4 N–H and O–H groups in total. The Labute approximate surface area is 192 Å². The second-order valence-electron chi connectivity index (χ2n) is 8.88. The first-order valence-electron chi connectivity index (χ1n) is 10.7. The van der Waals surface area contributed by atoms with Gasteiger partial charge >= 0.3 is 12.1 Å². The second kappa shape index (κ2) is 12.1. The summed E-state index contributed by atoms with van der Waals surface area (Å²) in [5.41, 5.74) is -0.792. The fraction of sp³-hybridized carbons (Fsp3) is 0.591. The Bertz CT molecular complexity index is 852. The van der Waals surface area contributed by atoms with Gasteiger partial charge in [0, 0.05) is 18.1 Å². The van der Waals surface area contributed by atoms with Crippen LogP contribution in [0.15, 0.2) is 24.3 Å². The zero-order valence-electron chi connectivity index (χ0n) is 19.5. The number of hydrogen-bond acceptors (Lipinski definition) is 7. The number of carbonyl (C=O) groups excluding carboxylic acids is 2. The number of rotatable bonds is 11. The van der Waals surface area contributed by atoms with Crippen LogP contribution in [-0.2, 0) is 20.7 Å². The van der Waals surface area contributed by atoms with E-state index >= 15 is 0 Å². The molecule has 1 rings (SSSR count). The van der Waals surface area contributed by atoms with Crippen molar-refractivity contribution in [3.8, 4) is 0 Å². The molecule has 0 radical (unpaired) electrons. The smallest absolute Gasteiger partial charge is 0.407 e. The van der Waals surface area contributed by atoms with E-state index < -0.39 is 53.1 Å². The highest BCUT2D eigenvalue weighted by Gasteiger charge is 2.31. The van der Waals surface area contributed by atoms with Gasteiger partial charge in [0.1, 0.15) is 11.6 Å². The molecule has 11 nitrogen and oxygen atoms in total. The van der Waals surface area contributed by atoms with Crippen LogP contribution in [-0.4, -0.2) is 56.9 Å². The number of carboxylic acids is 1. The molecule has 2 unspecified atom stereocenters. The molecule has 1 aromatic carbocycles. The molecule has 2 amide bonds. The van der Waals surface area contributed by atoms with Crippen molar-refractivity contribution in [2.24, 2.45) is 5.92 Å². The van der Waals surface area contributed by atoms with Crippen molar-refractivity contribution in [3.63, 3.8) is 0 Å². The summed E-state index contributed by atoms with van der Waals surface area (Å²) in [6.45, 7) is 8.41. The van der Waals surface area contributed by atoms with Crippen molar-refractivity contribution in [1.29, 1.82) is 0 Å². The molecule has 33 heavy (non-hydrogen) atoms. The number of hydrogen-bond donors (Lipinski definition) is 4. The van der Waals surface area contributed by atoms with Crippen LogP contribution >= 0.6 is 0 Å². The van der Waals surface area contributed by atoms with Crippen LogP contribution in [0, 0.1) is 16.0 Å². The molecule has 0 fully saturated rings. The lowest BCUT2D eigenvalue weighted by Gasteiger charge is -2.27. The molecule has 0 heterocycles. The topological polar surface area (TPSA) is 168 Å². The number of nitro benzene ring substituents is 1. The van der Waals surface area contributed by atoms with Crippen LogP contribution in [0.5, 0.6) is 0 Å². The van der Waals surface area contributed by atoms with E-state index in [1.807, 2.05) is 0 Å². The molecule has 0 saturated carbocycles. The second-order valence-corrected chi connectivity index (χ2v) is 8.88. The molecule has 0 aliphatic heterocycles. The number of benzene rings is 1. The van der Waals surface area contributed by atoms with Gasteiger partial charge in [0.15, 0.2) is 0 Å². The van der Waals surface area contributed by atoms with Gasteiger partial charge in [0.25, 0.3) is 5.69 Å². The Balaban J connectivity index is 3.07. The van der Waals surface area contributed by atoms with Crippen molar-refractivity contribution in [1.82, 2.24) is 10.6 Å².